The van der Waals surface area contributed by atoms with Crippen molar-refractivity contribution in [1.29, 1.82) is 0 Å². The number of carbonyl (C=O) groups is 2. The fraction of sp³-hybridized carbons (Fsp3) is 0.250. The van der Waals surface area contributed by atoms with Crippen LogP contribution < -0.4 is 5.32 Å². The SMILES string of the molecule is Cc1cnc(C(=O)N(CCC(=O)NCc2ccc(F)cc2)CCc2ccccc2)cn1. The summed E-state index contributed by atoms with van der Waals surface area (Å²) < 4.78 is 13.0. The van der Waals surface area contributed by atoms with Crippen LogP contribution in [0.5, 0.6) is 0 Å². The molecular weight excluding hydrogens is 395 g/mol. The number of halogens is 1. The molecule has 0 saturated heterocycles. The van der Waals surface area contributed by atoms with E-state index in [4.69, 9.17) is 0 Å². The summed E-state index contributed by atoms with van der Waals surface area (Å²) >= 11 is 0. The molecular formula is C24H25FN4O2. The lowest BCUT2D eigenvalue weighted by atomic mass is 10.1. The zero-order valence-corrected chi connectivity index (χ0v) is 17.4. The van der Waals surface area contributed by atoms with E-state index in [0.717, 1.165) is 16.8 Å². The fourth-order valence-corrected chi connectivity index (χ4v) is 3.02. The van der Waals surface area contributed by atoms with Gasteiger partial charge in [-0.15, -0.1) is 0 Å². The Balaban J connectivity index is 1.59. The highest BCUT2D eigenvalue weighted by Gasteiger charge is 2.18. The van der Waals surface area contributed by atoms with E-state index in [9.17, 15) is 14.0 Å². The summed E-state index contributed by atoms with van der Waals surface area (Å²) in [6.07, 6.45) is 3.84. The number of hydrogen-bond acceptors (Lipinski definition) is 4. The van der Waals surface area contributed by atoms with Crippen LogP contribution in [-0.4, -0.2) is 39.8 Å². The van der Waals surface area contributed by atoms with Crippen LogP contribution in [-0.2, 0) is 17.8 Å². The van der Waals surface area contributed by atoms with Gasteiger partial charge in [0.05, 0.1) is 11.9 Å². The van der Waals surface area contributed by atoms with Gasteiger partial charge in [0.1, 0.15) is 11.5 Å². The monoisotopic (exact) mass is 420 g/mol. The van der Waals surface area contributed by atoms with Crippen molar-refractivity contribution < 1.29 is 14.0 Å². The standard InChI is InChI=1S/C24H25FN4O2/c1-18-15-27-22(17-26-18)24(31)29(13-11-19-5-3-2-4-6-19)14-12-23(30)28-16-20-7-9-21(25)10-8-20/h2-10,15,17H,11-14,16H2,1H3,(H,28,30). The number of hydrogen-bond donors (Lipinski definition) is 1. The van der Waals surface area contributed by atoms with Crippen LogP contribution in [0.15, 0.2) is 67.0 Å². The molecule has 0 bridgehead atoms. The van der Waals surface area contributed by atoms with Crippen LogP contribution in [0.25, 0.3) is 0 Å². The average Bonchev–Trinajstić information content (AvgIpc) is 2.79. The molecule has 0 atom stereocenters. The molecule has 6 nitrogen and oxygen atoms in total. The minimum absolute atomic E-state index is 0.154. The van der Waals surface area contributed by atoms with Gasteiger partial charge in [0.2, 0.25) is 5.91 Å². The van der Waals surface area contributed by atoms with Crippen molar-refractivity contribution in [3.05, 3.63) is 95.3 Å². The Morgan fingerprint density at radius 2 is 1.68 bits per heavy atom. The van der Waals surface area contributed by atoms with Crippen molar-refractivity contribution >= 4 is 11.8 Å². The predicted molar refractivity (Wildman–Crippen MR) is 116 cm³/mol. The largest absolute Gasteiger partial charge is 0.352 e. The smallest absolute Gasteiger partial charge is 0.274 e. The molecule has 160 valence electrons. The quantitative estimate of drug-likeness (QED) is 0.576. The van der Waals surface area contributed by atoms with Crippen molar-refractivity contribution in [3.63, 3.8) is 0 Å². The van der Waals surface area contributed by atoms with E-state index in [2.05, 4.69) is 15.3 Å². The van der Waals surface area contributed by atoms with Crippen molar-refractivity contribution in [1.82, 2.24) is 20.2 Å². The molecule has 7 heteroatoms. The first-order valence-electron chi connectivity index (χ1n) is 10.1. The maximum absolute atomic E-state index is 13.0. The van der Waals surface area contributed by atoms with Gasteiger partial charge < -0.3 is 10.2 Å². The van der Waals surface area contributed by atoms with Crippen molar-refractivity contribution in [2.45, 2.75) is 26.3 Å². The van der Waals surface area contributed by atoms with Crippen molar-refractivity contribution in [2.75, 3.05) is 13.1 Å². The second-order valence-corrected chi connectivity index (χ2v) is 7.22. The highest BCUT2D eigenvalue weighted by Crippen LogP contribution is 2.07. The fourth-order valence-electron chi connectivity index (χ4n) is 3.02. The summed E-state index contributed by atoms with van der Waals surface area (Å²) in [6.45, 7) is 2.83. The molecule has 0 aliphatic rings. The Morgan fingerprint density at radius 1 is 0.935 bits per heavy atom. The van der Waals surface area contributed by atoms with Crippen LogP contribution in [0.1, 0.15) is 33.7 Å². The molecule has 0 fully saturated rings. The highest BCUT2D eigenvalue weighted by molar-refractivity contribution is 5.92. The topological polar surface area (TPSA) is 75.2 Å². The van der Waals surface area contributed by atoms with E-state index >= 15 is 0 Å². The molecule has 0 aliphatic heterocycles. The Bertz CT molecular complexity index is 992. The minimum atomic E-state index is -0.318. The minimum Gasteiger partial charge on any atom is -0.352 e. The zero-order chi connectivity index (χ0) is 22.1. The molecule has 3 aromatic rings. The number of benzene rings is 2. The number of aryl methyl sites for hydroxylation is 1. The number of aromatic nitrogens is 2. The maximum atomic E-state index is 13.0. The van der Waals surface area contributed by atoms with E-state index in [1.54, 1.807) is 30.2 Å². The van der Waals surface area contributed by atoms with E-state index in [1.165, 1.54) is 18.3 Å². The molecule has 0 aliphatic carbocycles. The molecule has 3 rings (SSSR count). The third kappa shape index (κ3) is 6.99. The van der Waals surface area contributed by atoms with Crippen LogP contribution in [0.3, 0.4) is 0 Å². The Labute approximate surface area is 181 Å². The maximum Gasteiger partial charge on any atom is 0.274 e. The molecule has 0 unspecified atom stereocenters. The highest BCUT2D eigenvalue weighted by atomic mass is 19.1. The molecule has 2 amide bonds. The number of rotatable bonds is 9. The molecule has 0 saturated carbocycles. The van der Waals surface area contributed by atoms with Crippen molar-refractivity contribution in [3.8, 4) is 0 Å². The number of nitrogens with zero attached hydrogens (tertiary/aromatic N) is 3. The van der Waals surface area contributed by atoms with E-state index in [1.807, 2.05) is 30.3 Å². The zero-order valence-electron chi connectivity index (χ0n) is 17.4. The van der Waals surface area contributed by atoms with Crippen molar-refractivity contribution in [2.24, 2.45) is 0 Å². The third-order valence-electron chi connectivity index (χ3n) is 4.81. The summed E-state index contributed by atoms with van der Waals surface area (Å²) in [6, 6.07) is 15.8. The number of amides is 2. The first-order chi connectivity index (χ1) is 15.0. The van der Waals surface area contributed by atoms with Gasteiger partial charge >= 0.3 is 0 Å². The molecule has 0 radical (unpaired) electrons. The Morgan fingerprint density at radius 3 is 2.35 bits per heavy atom. The summed E-state index contributed by atoms with van der Waals surface area (Å²) in [5, 5.41) is 2.81. The van der Waals surface area contributed by atoms with Crippen LogP contribution in [0.2, 0.25) is 0 Å². The average molecular weight is 420 g/mol. The van der Waals surface area contributed by atoms with Gasteiger partial charge in [-0.05, 0) is 36.6 Å². The summed E-state index contributed by atoms with van der Waals surface area (Å²) in [5.74, 6) is -0.756. The summed E-state index contributed by atoms with van der Waals surface area (Å²) in [5.41, 5.74) is 2.90. The van der Waals surface area contributed by atoms with Crippen LogP contribution >= 0.6 is 0 Å². The lowest BCUT2D eigenvalue weighted by Crippen LogP contribution is -2.37. The normalized spacial score (nSPS) is 10.5. The Hall–Kier alpha value is -3.61. The first kappa shape index (κ1) is 22.1. The van der Waals surface area contributed by atoms with E-state index in [0.29, 0.717) is 19.5 Å². The van der Waals surface area contributed by atoms with Crippen LogP contribution in [0.4, 0.5) is 4.39 Å². The predicted octanol–water partition coefficient (Wildman–Crippen LogP) is 3.32. The molecule has 31 heavy (non-hydrogen) atoms. The van der Waals surface area contributed by atoms with Gasteiger partial charge in [-0.1, -0.05) is 42.5 Å². The molecule has 0 spiro atoms. The second kappa shape index (κ2) is 11.0. The van der Waals surface area contributed by atoms with Gasteiger partial charge in [0, 0.05) is 32.3 Å². The molecule has 2 aromatic carbocycles. The molecule has 1 heterocycles. The van der Waals surface area contributed by atoms with E-state index in [-0.39, 0.29) is 36.3 Å². The number of nitrogens with one attached hydrogen (secondary N) is 1. The Kier molecular flexibility index (Phi) is 7.81. The number of carbonyl (C=O) groups excluding carboxylic acids is 2. The summed E-state index contributed by atoms with van der Waals surface area (Å²) in [7, 11) is 0. The molecule has 1 N–H and O–H groups in total. The third-order valence-corrected chi connectivity index (χ3v) is 4.81. The molecule has 1 aromatic heterocycles. The van der Waals surface area contributed by atoms with Gasteiger partial charge in [-0.3, -0.25) is 14.6 Å². The van der Waals surface area contributed by atoms with Gasteiger partial charge in [0.15, 0.2) is 0 Å². The van der Waals surface area contributed by atoms with Crippen LogP contribution in [0, 0.1) is 12.7 Å². The lowest BCUT2D eigenvalue weighted by molar-refractivity contribution is -0.121. The lowest BCUT2D eigenvalue weighted by Gasteiger charge is -2.22. The van der Waals surface area contributed by atoms with Gasteiger partial charge in [0.25, 0.3) is 5.91 Å². The second-order valence-electron chi connectivity index (χ2n) is 7.22. The summed E-state index contributed by atoms with van der Waals surface area (Å²) in [4.78, 5) is 35.2. The van der Waals surface area contributed by atoms with E-state index < -0.39 is 0 Å². The first-order valence-corrected chi connectivity index (χ1v) is 10.1. The van der Waals surface area contributed by atoms with Gasteiger partial charge in [-0.2, -0.15) is 0 Å². The van der Waals surface area contributed by atoms with Gasteiger partial charge in [-0.25, -0.2) is 9.37 Å².